The molecule has 1 aliphatic carbocycles. The van der Waals surface area contributed by atoms with Gasteiger partial charge in [-0.15, -0.1) is 0 Å². The van der Waals surface area contributed by atoms with Gasteiger partial charge >= 0.3 is 0 Å². The van der Waals surface area contributed by atoms with Crippen molar-refractivity contribution in [1.29, 1.82) is 0 Å². The fraction of sp³-hybridized carbons (Fsp3) is 0.550. The van der Waals surface area contributed by atoms with Crippen LogP contribution in [0.15, 0.2) is 24.3 Å². The maximum absolute atomic E-state index is 14.2. The summed E-state index contributed by atoms with van der Waals surface area (Å²) >= 11 is 0. The van der Waals surface area contributed by atoms with Gasteiger partial charge in [0.2, 0.25) is 0 Å². The molecule has 0 radical (unpaired) electrons. The molecule has 0 spiro atoms. The Kier molecular flexibility index (Phi) is 4.12. The van der Waals surface area contributed by atoms with E-state index in [1.54, 1.807) is 12.1 Å². The lowest BCUT2D eigenvalue weighted by Crippen LogP contribution is -2.42. The van der Waals surface area contributed by atoms with Crippen LogP contribution in [0.1, 0.15) is 44.9 Å². The molecule has 0 aliphatic heterocycles. The minimum Gasteiger partial charge on any atom is -0.416 e. The molecule has 0 saturated heterocycles. The summed E-state index contributed by atoms with van der Waals surface area (Å²) in [4.78, 5) is 4.71. The molecule has 1 fully saturated rings. The molecule has 1 aromatic heterocycles. The number of pyridine rings is 1. The van der Waals surface area contributed by atoms with Gasteiger partial charge in [0.25, 0.3) is 0 Å². The molecule has 2 aromatic rings. The third-order valence-corrected chi connectivity index (χ3v) is 10.3. The molecule has 130 valence electrons. The highest BCUT2D eigenvalue weighted by Gasteiger charge is 2.48. The van der Waals surface area contributed by atoms with Crippen molar-refractivity contribution in [2.24, 2.45) is 0 Å². The number of fused-ring (bicyclic) bond motifs is 1. The summed E-state index contributed by atoms with van der Waals surface area (Å²) in [5, 5.41) is 1.07. The third-order valence-electron chi connectivity index (χ3n) is 5.84. The molecule has 24 heavy (non-hydrogen) atoms. The Hall–Kier alpha value is -1.26. The topological polar surface area (TPSA) is 22.1 Å². The van der Waals surface area contributed by atoms with Crippen LogP contribution in [-0.2, 0) is 9.84 Å². The van der Waals surface area contributed by atoms with E-state index < -0.39 is 8.32 Å². The van der Waals surface area contributed by atoms with Gasteiger partial charge in [-0.25, -0.2) is 4.39 Å². The molecule has 1 saturated carbocycles. The van der Waals surface area contributed by atoms with Crippen molar-refractivity contribution in [3.8, 4) is 0 Å². The lowest BCUT2D eigenvalue weighted by molar-refractivity contribution is 0.253. The van der Waals surface area contributed by atoms with Gasteiger partial charge in [0, 0.05) is 23.1 Å². The molecule has 4 heteroatoms. The van der Waals surface area contributed by atoms with E-state index in [-0.39, 0.29) is 16.3 Å². The van der Waals surface area contributed by atoms with Crippen LogP contribution < -0.4 is 0 Å². The van der Waals surface area contributed by atoms with Crippen LogP contribution in [0.3, 0.4) is 0 Å². The normalized spacial score (nSPS) is 17.3. The molecule has 0 N–H and O–H groups in total. The molecule has 0 unspecified atom stereocenters. The fourth-order valence-corrected chi connectivity index (χ4v) is 3.95. The van der Waals surface area contributed by atoms with Crippen LogP contribution in [0.2, 0.25) is 18.1 Å². The Morgan fingerprint density at radius 2 is 1.88 bits per heavy atom. The zero-order chi connectivity index (χ0) is 17.8. The summed E-state index contributed by atoms with van der Waals surface area (Å²) in [7, 11) is -1.81. The SMILES string of the molecule is Cc1ccc2cc(F)cc(C3(CO[Si](C)(C)C(C)(C)C)CC3)c2n1. The summed E-state index contributed by atoms with van der Waals surface area (Å²) in [6, 6.07) is 7.17. The molecule has 1 aromatic carbocycles. The lowest BCUT2D eigenvalue weighted by Gasteiger charge is -2.37. The second-order valence-electron chi connectivity index (χ2n) is 8.81. The maximum Gasteiger partial charge on any atom is 0.192 e. The van der Waals surface area contributed by atoms with Crippen molar-refractivity contribution in [3.05, 3.63) is 41.3 Å². The summed E-state index contributed by atoms with van der Waals surface area (Å²) in [5.74, 6) is -0.179. The number of nitrogens with zero attached hydrogens (tertiary/aromatic N) is 1. The number of aryl methyl sites for hydroxylation is 1. The highest BCUT2D eigenvalue weighted by molar-refractivity contribution is 6.74. The number of rotatable bonds is 4. The number of hydrogen-bond acceptors (Lipinski definition) is 2. The predicted octanol–water partition coefficient (Wildman–Crippen LogP) is 5.74. The van der Waals surface area contributed by atoms with Gasteiger partial charge in [0.1, 0.15) is 5.82 Å². The lowest BCUT2D eigenvalue weighted by atomic mass is 9.94. The molecule has 0 atom stereocenters. The van der Waals surface area contributed by atoms with E-state index in [9.17, 15) is 4.39 Å². The van der Waals surface area contributed by atoms with Crippen LogP contribution in [0.4, 0.5) is 4.39 Å². The fourth-order valence-electron chi connectivity index (χ4n) is 2.88. The average molecular weight is 346 g/mol. The zero-order valence-corrected chi connectivity index (χ0v) is 16.7. The van der Waals surface area contributed by atoms with Gasteiger partial charge in [-0.05, 0) is 61.7 Å². The van der Waals surface area contributed by atoms with Crippen LogP contribution in [0, 0.1) is 12.7 Å². The van der Waals surface area contributed by atoms with Gasteiger partial charge in [-0.1, -0.05) is 26.8 Å². The van der Waals surface area contributed by atoms with Crippen LogP contribution in [-0.4, -0.2) is 19.9 Å². The van der Waals surface area contributed by atoms with Crippen molar-refractivity contribution in [3.63, 3.8) is 0 Å². The number of hydrogen-bond donors (Lipinski definition) is 0. The summed E-state index contributed by atoms with van der Waals surface area (Å²) in [6.45, 7) is 14.0. The van der Waals surface area contributed by atoms with Gasteiger partial charge in [-0.3, -0.25) is 4.98 Å². The Balaban J connectivity index is 1.96. The van der Waals surface area contributed by atoms with Gasteiger partial charge < -0.3 is 4.43 Å². The zero-order valence-electron chi connectivity index (χ0n) is 15.7. The highest BCUT2D eigenvalue weighted by Crippen LogP contribution is 2.51. The molecule has 2 nitrogen and oxygen atoms in total. The predicted molar refractivity (Wildman–Crippen MR) is 100 cm³/mol. The largest absolute Gasteiger partial charge is 0.416 e. The van der Waals surface area contributed by atoms with E-state index in [1.165, 1.54) is 0 Å². The monoisotopic (exact) mass is 345 g/mol. The van der Waals surface area contributed by atoms with E-state index in [4.69, 9.17) is 9.41 Å². The van der Waals surface area contributed by atoms with Crippen molar-refractivity contribution >= 4 is 19.2 Å². The van der Waals surface area contributed by atoms with Crippen molar-refractivity contribution in [2.45, 2.75) is 64.1 Å². The van der Waals surface area contributed by atoms with Gasteiger partial charge in [-0.2, -0.15) is 0 Å². The summed E-state index contributed by atoms with van der Waals surface area (Å²) < 4.78 is 20.6. The molecule has 0 bridgehead atoms. The number of halogens is 1. The Bertz CT molecular complexity index is 775. The minimum atomic E-state index is -1.81. The molecule has 0 amide bonds. The number of benzene rings is 1. The van der Waals surface area contributed by atoms with E-state index in [1.807, 2.05) is 19.1 Å². The Morgan fingerprint density at radius 1 is 1.21 bits per heavy atom. The third kappa shape index (κ3) is 3.14. The molecular weight excluding hydrogens is 317 g/mol. The van der Waals surface area contributed by atoms with Gasteiger partial charge in [0.05, 0.1) is 5.52 Å². The maximum atomic E-state index is 14.2. The van der Waals surface area contributed by atoms with Crippen LogP contribution in [0.25, 0.3) is 10.9 Å². The molecule has 1 heterocycles. The first-order valence-electron chi connectivity index (χ1n) is 8.76. The molecule has 3 rings (SSSR count). The van der Waals surface area contributed by atoms with Crippen molar-refractivity contribution in [2.75, 3.05) is 6.61 Å². The highest BCUT2D eigenvalue weighted by atomic mass is 28.4. The summed E-state index contributed by atoms with van der Waals surface area (Å²) in [6.07, 6.45) is 2.10. The van der Waals surface area contributed by atoms with E-state index in [2.05, 4.69) is 33.9 Å². The van der Waals surface area contributed by atoms with Gasteiger partial charge in [0.15, 0.2) is 8.32 Å². The Morgan fingerprint density at radius 3 is 2.46 bits per heavy atom. The second-order valence-corrected chi connectivity index (χ2v) is 13.6. The standard InChI is InChI=1S/C20H28FNOSi/c1-14-7-8-15-11-16(21)12-17(18(15)22-14)20(9-10-20)13-23-24(5,6)19(2,3)4/h7-8,11-12H,9-10,13H2,1-6H3. The van der Waals surface area contributed by atoms with E-state index >= 15 is 0 Å². The first-order valence-corrected chi connectivity index (χ1v) is 11.7. The molecule has 1 aliphatic rings. The summed E-state index contributed by atoms with van der Waals surface area (Å²) in [5.41, 5.74) is 2.88. The van der Waals surface area contributed by atoms with Crippen LogP contribution in [0.5, 0.6) is 0 Å². The smallest absolute Gasteiger partial charge is 0.192 e. The Labute approximate surface area is 145 Å². The molecular formula is C20H28FNOSi. The first-order chi connectivity index (χ1) is 11.0. The van der Waals surface area contributed by atoms with Crippen molar-refractivity contribution < 1.29 is 8.82 Å². The first kappa shape index (κ1) is 17.6. The van der Waals surface area contributed by atoms with Crippen LogP contribution >= 0.6 is 0 Å². The quantitative estimate of drug-likeness (QED) is 0.660. The van der Waals surface area contributed by atoms with Crippen molar-refractivity contribution in [1.82, 2.24) is 4.98 Å². The number of aromatic nitrogens is 1. The average Bonchev–Trinajstić information content (AvgIpc) is 3.25. The second kappa shape index (κ2) is 5.63. The minimum absolute atomic E-state index is 0.0589. The van der Waals surface area contributed by atoms with E-state index in [0.717, 1.165) is 35.0 Å². The van der Waals surface area contributed by atoms with E-state index in [0.29, 0.717) is 6.61 Å².